The van der Waals surface area contributed by atoms with Crippen LogP contribution in [-0.4, -0.2) is 16.8 Å². The molecule has 2 aromatic rings. The fourth-order valence-electron chi connectivity index (χ4n) is 1.33. The number of aromatic nitrogens is 2. The number of hydrogen-bond acceptors (Lipinski definition) is 2. The molecule has 1 aromatic heterocycles. The van der Waals surface area contributed by atoms with Crippen LogP contribution in [0.1, 0.15) is 0 Å². The lowest BCUT2D eigenvalue weighted by atomic mass is 10.3. The molecule has 0 spiro atoms. The lowest BCUT2D eigenvalue weighted by Crippen LogP contribution is -2.02. The van der Waals surface area contributed by atoms with Crippen LogP contribution in [0.3, 0.4) is 0 Å². The van der Waals surface area contributed by atoms with Crippen molar-refractivity contribution in [2.75, 3.05) is 12.4 Å². The summed E-state index contributed by atoms with van der Waals surface area (Å²) in [6, 6.07) is 6.04. The van der Waals surface area contributed by atoms with E-state index < -0.39 is 0 Å². The molecule has 0 aliphatic carbocycles. The molecule has 0 amide bonds. The van der Waals surface area contributed by atoms with Gasteiger partial charge in [0.05, 0.1) is 11.9 Å². The smallest absolute Gasteiger partial charge is 0.148 e. The maximum Gasteiger partial charge on any atom is 0.148 e. The summed E-state index contributed by atoms with van der Waals surface area (Å²) in [5, 5.41) is 7.55. The van der Waals surface area contributed by atoms with Crippen LogP contribution in [-0.2, 0) is 0 Å². The summed E-state index contributed by atoms with van der Waals surface area (Å²) in [6.45, 7) is 0. The van der Waals surface area contributed by atoms with Gasteiger partial charge >= 0.3 is 0 Å². The summed E-state index contributed by atoms with van der Waals surface area (Å²) >= 11 is 5.91. The van der Waals surface area contributed by atoms with Gasteiger partial charge in [-0.15, -0.1) is 0 Å². The van der Waals surface area contributed by atoms with Crippen molar-refractivity contribution >= 4 is 17.4 Å². The predicted molar refractivity (Wildman–Crippen MR) is 58.1 cm³/mol. The van der Waals surface area contributed by atoms with E-state index in [1.807, 2.05) is 0 Å². The number of benzene rings is 1. The average molecular weight is 226 g/mol. The zero-order valence-electron chi connectivity index (χ0n) is 8.04. The Kier molecular flexibility index (Phi) is 2.60. The summed E-state index contributed by atoms with van der Waals surface area (Å²) in [6.07, 6.45) is 1.54. The Morgan fingerprint density at radius 1 is 1.33 bits per heavy atom. The highest BCUT2D eigenvalue weighted by molar-refractivity contribution is 6.32. The quantitative estimate of drug-likeness (QED) is 0.852. The van der Waals surface area contributed by atoms with Crippen molar-refractivity contribution in [3.8, 4) is 5.69 Å². The van der Waals surface area contributed by atoms with E-state index in [1.165, 1.54) is 18.3 Å². The highest BCUT2D eigenvalue weighted by Crippen LogP contribution is 2.23. The minimum atomic E-state index is -0.275. The fourth-order valence-corrected chi connectivity index (χ4v) is 1.55. The van der Waals surface area contributed by atoms with E-state index in [0.717, 1.165) is 5.69 Å². The zero-order valence-corrected chi connectivity index (χ0v) is 8.79. The van der Waals surface area contributed by atoms with Gasteiger partial charge in [0, 0.05) is 7.05 Å². The standard InChI is InChI=1S/C10H9ClFN3/c1-13-10-9(11)6-14-15(10)8-4-2-7(12)3-5-8/h2-6,13H,1H3. The SMILES string of the molecule is CNc1c(Cl)cnn1-c1ccc(F)cc1. The van der Waals surface area contributed by atoms with Gasteiger partial charge in [-0.2, -0.15) is 5.10 Å². The largest absolute Gasteiger partial charge is 0.372 e. The molecular formula is C10H9ClFN3. The summed E-state index contributed by atoms with van der Waals surface area (Å²) < 4.78 is 14.3. The fraction of sp³-hybridized carbons (Fsp3) is 0.100. The number of rotatable bonds is 2. The number of halogens is 2. The first-order valence-electron chi connectivity index (χ1n) is 4.39. The van der Waals surface area contributed by atoms with Crippen molar-refractivity contribution in [2.45, 2.75) is 0 Å². The Morgan fingerprint density at radius 3 is 2.60 bits per heavy atom. The molecule has 0 fully saturated rings. The summed E-state index contributed by atoms with van der Waals surface area (Å²) in [4.78, 5) is 0. The Balaban J connectivity index is 2.49. The Morgan fingerprint density at radius 2 is 2.00 bits per heavy atom. The molecule has 0 aliphatic rings. The van der Waals surface area contributed by atoms with E-state index in [9.17, 15) is 4.39 Å². The summed E-state index contributed by atoms with van der Waals surface area (Å²) in [7, 11) is 1.75. The molecule has 3 nitrogen and oxygen atoms in total. The van der Waals surface area contributed by atoms with Gasteiger partial charge in [0.15, 0.2) is 0 Å². The van der Waals surface area contributed by atoms with Crippen LogP contribution in [0.25, 0.3) is 5.69 Å². The maximum absolute atomic E-state index is 12.7. The van der Waals surface area contributed by atoms with Crippen LogP contribution < -0.4 is 5.32 Å². The number of hydrogen-bond donors (Lipinski definition) is 1. The van der Waals surface area contributed by atoms with Crippen molar-refractivity contribution in [1.82, 2.24) is 9.78 Å². The van der Waals surface area contributed by atoms with Gasteiger partial charge in [-0.05, 0) is 24.3 Å². The monoisotopic (exact) mass is 225 g/mol. The van der Waals surface area contributed by atoms with Crippen molar-refractivity contribution in [2.24, 2.45) is 0 Å². The van der Waals surface area contributed by atoms with Gasteiger partial charge < -0.3 is 5.32 Å². The Bertz CT molecular complexity index is 464. The van der Waals surface area contributed by atoms with E-state index >= 15 is 0 Å². The molecule has 0 saturated carbocycles. The molecule has 0 bridgehead atoms. The molecule has 1 heterocycles. The Labute approximate surface area is 91.5 Å². The van der Waals surface area contributed by atoms with E-state index in [4.69, 9.17) is 11.6 Å². The zero-order chi connectivity index (χ0) is 10.8. The summed E-state index contributed by atoms with van der Waals surface area (Å²) in [5.74, 6) is 0.409. The van der Waals surface area contributed by atoms with Gasteiger partial charge in [-0.25, -0.2) is 9.07 Å². The van der Waals surface area contributed by atoms with Gasteiger partial charge in [-0.1, -0.05) is 11.6 Å². The average Bonchev–Trinajstić information content (AvgIpc) is 2.61. The lowest BCUT2D eigenvalue weighted by Gasteiger charge is -2.06. The van der Waals surface area contributed by atoms with Crippen molar-refractivity contribution in [3.05, 3.63) is 41.3 Å². The van der Waals surface area contributed by atoms with E-state index in [0.29, 0.717) is 10.8 Å². The minimum absolute atomic E-state index is 0.275. The molecule has 0 aliphatic heterocycles. The summed E-state index contributed by atoms with van der Waals surface area (Å²) in [5.41, 5.74) is 0.757. The van der Waals surface area contributed by atoms with E-state index in [2.05, 4.69) is 10.4 Å². The molecule has 78 valence electrons. The van der Waals surface area contributed by atoms with Crippen LogP contribution in [0, 0.1) is 5.82 Å². The normalized spacial score (nSPS) is 10.3. The molecule has 0 unspecified atom stereocenters. The highest BCUT2D eigenvalue weighted by Gasteiger charge is 2.08. The van der Waals surface area contributed by atoms with Crippen molar-refractivity contribution in [1.29, 1.82) is 0 Å². The van der Waals surface area contributed by atoms with Gasteiger partial charge in [0.25, 0.3) is 0 Å². The van der Waals surface area contributed by atoms with Gasteiger partial charge in [-0.3, -0.25) is 0 Å². The van der Waals surface area contributed by atoms with Crippen LogP contribution in [0.15, 0.2) is 30.5 Å². The minimum Gasteiger partial charge on any atom is -0.372 e. The second-order valence-corrected chi connectivity index (χ2v) is 3.39. The second kappa shape index (κ2) is 3.90. The molecular weight excluding hydrogens is 217 g/mol. The maximum atomic E-state index is 12.7. The molecule has 5 heteroatoms. The van der Waals surface area contributed by atoms with E-state index in [-0.39, 0.29) is 5.82 Å². The third kappa shape index (κ3) is 1.80. The lowest BCUT2D eigenvalue weighted by molar-refractivity contribution is 0.627. The number of anilines is 1. The molecule has 1 aromatic carbocycles. The van der Waals surface area contributed by atoms with Crippen LogP contribution in [0.5, 0.6) is 0 Å². The van der Waals surface area contributed by atoms with Crippen LogP contribution in [0.4, 0.5) is 10.2 Å². The van der Waals surface area contributed by atoms with Crippen LogP contribution >= 0.6 is 11.6 Å². The highest BCUT2D eigenvalue weighted by atomic mass is 35.5. The van der Waals surface area contributed by atoms with Gasteiger partial charge in [0.2, 0.25) is 0 Å². The molecule has 1 N–H and O–H groups in total. The first kappa shape index (κ1) is 9.98. The third-order valence-corrected chi connectivity index (χ3v) is 2.31. The topological polar surface area (TPSA) is 29.9 Å². The number of nitrogens with one attached hydrogen (secondary N) is 1. The van der Waals surface area contributed by atoms with Gasteiger partial charge in [0.1, 0.15) is 16.7 Å². The number of nitrogens with zero attached hydrogens (tertiary/aromatic N) is 2. The molecule has 0 radical (unpaired) electrons. The first-order chi connectivity index (χ1) is 7.22. The van der Waals surface area contributed by atoms with E-state index in [1.54, 1.807) is 23.9 Å². The molecule has 2 rings (SSSR count). The third-order valence-electron chi connectivity index (χ3n) is 2.03. The van der Waals surface area contributed by atoms with Crippen molar-refractivity contribution in [3.63, 3.8) is 0 Å². The molecule has 0 atom stereocenters. The van der Waals surface area contributed by atoms with Crippen LogP contribution in [0.2, 0.25) is 5.02 Å². The first-order valence-corrected chi connectivity index (χ1v) is 4.77. The molecule has 0 saturated heterocycles. The second-order valence-electron chi connectivity index (χ2n) is 2.98. The predicted octanol–water partition coefficient (Wildman–Crippen LogP) is 2.71. The van der Waals surface area contributed by atoms with Crippen molar-refractivity contribution < 1.29 is 4.39 Å². The molecule has 15 heavy (non-hydrogen) atoms. The Hall–Kier alpha value is -1.55.